The Morgan fingerprint density at radius 3 is 2.52 bits per heavy atom. The molecule has 0 bridgehead atoms. The van der Waals surface area contributed by atoms with Crippen molar-refractivity contribution in [1.82, 2.24) is 23.6 Å². The third kappa shape index (κ3) is 4.32. The van der Waals surface area contributed by atoms with Gasteiger partial charge in [0.15, 0.2) is 5.65 Å². The second kappa shape index (κ2) is 8.01. The zero-order valence-electron chi connectivity index (χ0n) is 17.1. The first-order chi connectivity index (χ1) is 14.8. The molecule has 1 aliphatic heterocycles. The Hall–Kier alpha value is -1.71. The van der Waals surface area contributed by atoms with Crippen LogP contribution in [0.3, 0.4) is 0 Å². The van der Waals surface area contributed by atoms with Gasteiger partial charge >= 0.3 is 0 Å². The molecule has 7 nitrogen and oxygen atoms in total. The minimum Gasteiger partial charge on any atom is -0.299 e. The summed E-state index contributed by atoms with van der Waals surface area (Å²) in [6, 6.07) is 5.44. The van der Waals surface area contributed by atoms with Gasteiger partial charge in [-0.2, -0.15) is 4.31 Å². The molecule has 1 saturated heterocycles. The molecule has 0 unspecified atom stereocenters. The van der Waals surface area contributed by atoms with Crippen LogP contribution in [-0.4, -0.2) is 64.4 Å². The monoisotopic (exact) mass is 479 g/mol. The quantitative estimate of drug-likeness (QED) is 0.558. The highest BCUT2D eigenvalue weighted by Crippen LogP contribution is 2.39. The van der Waals surface area contributed by atoms with Crippen LogP contribution in [0.25, 0.3) is 16.9 Å². The van der Waals surface area contributed by atoms with E-state index in [2.05, 4.69) is 20.5 Å². The van der Waals surface area contributed by atoms with Crippen LogP contribution in [0.2, 0.25) is 10.0 Å². The van der Waals surface area contributed by atoms with Crippen LogP contribution in [-0.2, 0) is 16.6 Å². The van der Waals surface area contributed by atoms with E-state index in [0.29, 0.717) is 48.7 Å². The fourth-order valence-electron chi connectivity index (χ4n) is 4.09. The number of sulfonamides is 1. The third-order valence-corrected chi connectivity index (χ3v) is 7.83. The van der Waals surface area contributed by atoms with E-state index in [4.69, 9.17) is 28.2 Å². The van der Waals surface area contributed by atoms with E-state index in [-0.39, 0.29) is 0 Å². The Bertz CT molecular complexity index is 1250. The Morgan fingerprint density at radius 1 is 1.13 bits per heavy atom. The maximum Gasteiger partial charge on any atom is 0.211 e. The van der Waals surface area contributed by atoms with Crippen molar-refractivity contribution in [1.29, 1.82) is 0 Å². The molecule has 2 aromatic heterocycles. The first kappa shape index (κ1) is 21.2. The smallest absolute Gasteiger partial charge is 0.211 e. The molecule has 2 fully saturated rings. The van der Waals surface area contributed by atoms with Crippen molar-refractivity contribution in [2.45, 2.75) is 25.3 Å². The van der Waals surface area contributed by atoms with Gasteiger partial charge in [0.2, 0.25) is 10.0 Å². The number of hydrogen-bond acceptors (Lipinski definition) is 5. The average Bonchev–Trinajstić information content (AvgIpc) is 3.51. The Kier molecular flexibility index (Phi) is 5.46. The van der Waals surface area contributed by atoms with E-state index < -0.39 is 10.0 Å². The van der Waals surface area contributed by atoms with Crippen LogP contribution < -0.4 is 0 Å². The first-order valence-corrected chi connectivity index (χ1v) is 12.9. The molecule has 2 aliphatic rings. The molecule has 5 rings (SSSR count). The predicted molar refractivity (Wildman–Crippen MR) is 122 cm³/mol. The molecular formula is C21H23Cl2N5O2S. The summed E-state index contributed by atoms with van der Waals surface area (Å²) in [6.45, 7) is 2.94. The molecule has 31 heavy (non-hydrogen) atoms. The average molecular weight is 480 g/mol. The maximum atomic E-state index is 11.9. The molecule has 0 amide bonds. The lowest BCUT2D eigenvalue weighted by molar-refractivity contribution is 0.180. The van der Waals surface area contributed by atoms with Crippen LogP contribution in [0.4, 0.5) is 0 Å². The number of benzene rings is 1. The lowest BCUT2D eigenvalue weighted by Gasteiger charge is -2.33. The highest BCUT2D eigenvalue weighted by atomic mass is 35.5. The molecule has 3 heterocycles. The van der Waals surface area contributed by atoms with Gasteiger partial charge in [-0.15, -0.1) is 0 Å². The molecule has 1 aromatic carbocycles. The predicted octanol–water partition coefficient (Wildman–Crippen LogP) is 3.66. The number of nitrogens with zero attached hydrogens (tertiary/aromatic N) is 5. The number of aromatic nitrogens is 3. The van der Waals surface area contributed by atoms with Crippen LogP contribution in [0.1, 0.15) is 30.1 Å². The van der Waals surface area contributed by atoms with Gasteiger partial charge in [-0.3, -0.25) is 14.3 Å². The summed E-state index contributed by atoms with van der Waals surface area (Å²) in [4.78, 5) is 11.7. The van der Waals surface area contributed by atoms with E-state index >= 15 is 0 Å². The molecule has 0 radical (unpaired) electrons. The minimum absolute atomic E-state index is 0.488. The minimum atomic E-state index is -3.16. The van der Waals surface area contributed by atoms with Crippen molar-refractivity contribution in [3.8, 4) is 11.3 Å². The third-order valence-electron chi connectivity index (χ3n) is 5.98. The van der Waals surface area contributed by atoms with Crippen molar-refractivity contribution in [2.75, 3.05) is 32.4 Å². The van der Waals surface area contributed by atoms with Gasteiger partial charge in [-0.25, -0.2) is 13.4 Å². The number of hydrogen-bond donors (Lipinski definition) is 0. The zero-order chi connectivity index (χ0) is 21.8. The Morgan fingerprint density at radius 2 is 1.87 bits per heavy atom. The first-order valence-electron chi connectivity index (χ1n) is 10.3. The molecule has 1 aliphatic carbocycles. The summed E-state index contributed by atoms with van der Waals surface area (Å²) in [7, 11) is -3.16. The van der Waals surface area contributed by atoms with Crippen molar-refractivity contribution < 1.29 is 8.42 Å². The lowest BCUT2D eigenvalue weighted by atomic mass is 10.1. The fraction of sp³-hybridized carbons (Fsp3) is 0.429. The van der Waals surface area contributed by atoms with Crippen molar-refractivity contribution in [3.63, 3.8) is 0 Å². The van der Waals surface area contributed by atoms with Gasteiger partial charge in [0.05, 0.1) is 34.6 Å². The van der Waals surface area contributed by atoms with E-state index in [1.165, 1.54) is 23.4 Å². The number of rotatable bonds is 5. The molecule has 164 valence electrons. The second-order valence-electron chi connectivity index (χ2n) is 8.28. The van der Waals surface area contributed by atoms with Gasteiger partial charge in [0.25, 0.3) is 0 Å². The van der Waals surface area contributed by atoms with Gasteiger partial charge in [-0.1, -0.05) is 23.2 Å². The van der Waals surface area contributed by atoms with Gasteiger partial charge in [-0.05, 0) is 31.0 Å². The van der Waals surface area contributed by atoms with E-state index in [1.54, 1.807) is 6.07 Å². The Labute approximate surface area is 191 Å². The van der Waals surface area contributed by atoms with E-state index in [1.807, 2.05) is 18.3 Å². The van der Waals surface area contributed by atoms with E-state index in [0.717, 1.165) is 28.3 Å². The molecular weight excluding hydrogens is 457 g/mol. The summed E-state index contributed by atoms with van der Waals surface area (Å²) in [5.74, 6) is 0.528. The zero-order valence-corrected chi connectivity index (χ0v) is 19.5. The summed E-state index contributed by atoms with van der Waals surface area (Å²) < 4.78 is 27.4. The largest absolute Gasteiger partial charge is 0.299 e. The van der Waals surface area contributed by atoms with Gasteiger partial charge < -0.3 is 0 Å². The molecule has 10 heteroatoms. The van der Waals surface area contributed by atoms with Gasteiger partial charge in [0, 0.05) is 55.4 Å². The number of fused-ring (bicyclic) bond motifs is 1. The normalized spacial score (nSPS) is 18.7. The standard InChI is InChI=1S/C21H23Cl2N5O2S/c1-31(29,30)27-8-6-26(7-9-27)13-19-21(16-5-4-15(22)10-17(16)23)25-20-11-24-18(12-28(19)20)14-2-3-14/h4-5,10-12,14H,2-3,6-9,13H2,1H3. The fourth-order valence-corrected chi connectivity index (χ4v) is 5.41. The molecule has 1 saturated carbocycles. The van der Waals surface area contributed by atoms with Crippen LogP contribution in [0, 0.1) is 0 Å². The van der Waals surface area contributed by atoms with Crippen molar-refractivity contribution in [2.24, 2.45) is 0 Å². The highest BCUT2D eigenvalue weighted by Gasteiger charge is 2.28. The van der Waals surface area contributed by atoms with Crippen molar-refractivity contribution in [3.05, 3.63) is 52.0 Å². The molecule has 0 atom stereocenters. The number of piperazine rings is 1. The summed E-state index contributed by atoms with van der Waals surface area (Å²) in [5.41, 5.74) is 4.52. The second-order valence-corrected chi connectivity index (χ2v) is 11.1. The Balaban J connectivity index is 1.53. The van der Waals surface area contributed by atoms with Gasteiger partial charge in [0.1, 0.15) is 0 Å². The topological polar surface area (TPSA) is 70.8 Å². The molecule has 0 spiro atoms. The molecule has 0 N–H and O–H groups in total. The highest BCUT2D eigenvalue weighted by molar-refractivity contribution is 7.88. The SMILES string of the molecule is CS(=O)(=O)N1CCN(Cc2c(-c3ccc(Cl)cc3Cl)nc3cnc(C4CC4)cn23)CC1. The lowest BCUT2D eigenvalue weighted by Crippen LogP contribution is -2.47. The number of imidazole rings is 1. The summed E-state index contributed by atoms with van der Waals surface area (Å²) in [5, 5.41) is 1.13. The van der Waals surface area contributed by atoms with Crippen LogP contribution >= 0.6 is 23.2 Å². The molecule has 3 aromatic rings. The summed E-state index contributed by atoms with van der Waals surface area (Å²) >= 11 is 12.6. The van der Waals surface area contributed by atoms with Crippen molar-refractivity contribution >= 4 is 38.9 Å². The summed E-state index contributed by atoms with van der Waals surface area (Å²) in [6.07, 6.45) is 7.53. The number of halogens is 2. The maximum absolute atomic E-state index is 11.9. The van der Waals surface area contributed by atoms with Crippen LogP contribution in [0.5, 0.6) is 0 Å². The van der Waals surface area contributed by atoms with Crippen LogP contribution in [0.15, 0.2) is 30.6 Å². The van der Waals surface area contributed by atoms with E-state index in [9.17, 15) is 8.42 Å².